The van der Waals surface area contributed by atoms with Crippen molar-refractivity contribution in [3.63, 3.8) is 0 Å². The first-order chi connectivity index (χ1) is 11.7. The number of β-amino-alcohol motifs (C(OH)–C–C–N with tert-alkyl or cyclic N) is 1. The second-order valence-corrected chi connectivity index (χ2v) is 6.93. The van der Waals surface area contributed by atoms with Gasteiger partial charge >= 0.3 is 0 Å². The number of aliphatic hydroxyl groups is 1. The molecular weight excluding hydrogens is 296 g/mol. The summed E-state index contributed by atoms with van der Waals surface area (Å²) >= 11 is 0. The molecule has 0 amide bonds. The maximum absolute atomic E-state index is 10.5. The van der Waals surface area contributed by atoms with Crippen LogP contribution in [-0.4, -0.2) is 41.8 Å². The van der Waals surface area contributed by atoms with Crippen LogP contribution in [-0.2, 0) is 6.42 Å². The summed E-state index contributed by atoms with van der Waals surface area (Å²) in [6.45, 7) is 2.73. The van der Waals surface area contributed by atoms with Gasteiger partial charge in [-0.05, 0) is 42.9 Å². The lowest BCUT2D eigenvalue weighted by atomic mass is 9.90. The van der Waals surface area contributed by atoms with Crippen LogP contribution in [0.2, 0.25) is 0 Å². The summed E-state index contributed by atoms with van der Waals surface area (Å²) in [5.41, 5.74) is 8.83. The average Bonchev–Trinajstić information content (AvgIpc) is 2.63. The van der Waals surface area contributed by atoms with Crippen LogP contribution in [0.5, 0.6) is 0 Å². The van der Waals surface area contributed by atoms with Crippen LogP contribution in [0.1, 0.15) is 29.9 Å². The van der Waals surface area contributed by atoms with Gasteiger partial charge in [-0.15, -0.1) is 0 Å². The third kappa shape index (κ3) is 4.67. The highest BCUT2D eigenvalue weighted by atomic mass is 16.3. The summed E-state index contributed by atoms with van der Waals surface area (Å²) in [4.78, 5) is 2.37. The maximum atomic E-state index is 10.5. The minimum Gasteiger partial charge on any atom is -0.390 e. The molecule has 3 rings (SSSR count). The molecule has 3 N–H and O–H groups in total. The Bertz CT molecular complexity index is 602. The number of piperidine rings is 1. The van der Waals surface area contributed by atoms with E-state index in [0.29, 0.717) is 12.5 Å². The lowest BCUT2D eigenvalue weighted by Gasteiger charge is -2.35. The summed E-state index contributed by atoms with van der Waals surface area (Å²) in [5.74, 6) is 0.567. The topological polar surface area (TPSA) is 49.5 Å². The maximum Gasteiger partial charge on any atom is 0.0820 e. The molecule has 0 spiro atoms. The molecule has 1 fully saturated rings. The molecule has 2 aromatic rings. The number of hydrogen-bond donors (Lipinski definition) is 2. The van der Waals surface area contributed by atoms with Crippen molar-refractivity contribution in [2.24, 2.45) is 5.73 Å². The molecule has 0 aliphatic carbocycles. The van der Waals surface area contributed by atoms with E-state index in [2.05, 4.69) is 47.4 Å². The van der Waals surface area contributed by atoms with E-state index in [1.165, 1.54) is 24.0 Å². The number of aliphatic hydroxyl groups excluding tert-OH is 1. The summed E-state index contributed by atoms with van der Waals surface area (Å²) < 4.78 is 0. The highest BCUT2D eigenvalue weighted by Crippen LogP contribution is 2.26. The second kappa shape index (κ2) is 8.43. The fourth-order valence-electron chi connectivity index (χ4n) is 3.64. The number of nitrogens with two attached hydrogens (primary N) is 1. The summed E-state index contributed by atoms with van der Waals surface area (Å²) in [7, 11) is 0. The van der Waals surface area contributed by atoms with E-state index < -0.39 is 6.10 Å². The number of hydrogen-bond acceptors (Lipinski definition) is 3. The number of benzene rings is 2. The Balaban J connectivity index is 1.53. The lowest BCUT2D eigenvalue weighted by molar-refractivity contribution is 0.0772. The molecule has 0 bridgehead atoms. The van der Waals surface area contributed by atoms with Crippen molar-refractivity contribution >= 4 is 0 Å². The molecule has 1 saturated heterocycles. The quantitative estimate of drug-likeness (QED) is 0.859. The molecule has 0 saturated carbocycles. The van der Waals surface area contributed by atoms with Gasteiger partial charge in [-0.25, -0.2) is 0 Å². The van der Waals surface area contributed by atoms with E-state index in [-0.39, 0.29) is 6.04 Å². The van der Waals surface area contributed by atoms with Crippen molar-refractivity contribution in [3.8, 4) is 0 Å². The Morgan fingerprint density at radius 3 is 2.42 bits per heavy atom. The molecule has 2 aromatic carbocycles. The molecule has 1 heterocycles. The lowest BCUT2D eigenvalue weighted by Crippen LogP contribution is -2.47. The van der Waals surface area contributed by atoms with Crippen LogP contribution in [0.25, 0.3) is 0 Å². The van der Waals surface area contributed by atoms with Crippen LogP contribution in [0, 0.1) is 0 Å². The number of likely N-dealkylation sites (tertiary alicyclic amines) is 1. The Kier molecular flexibility index (Phi) is 6.02. The van der Waals surface area contributed by atoms with Gasteiger partial charge in [-0.2, -0.15) is 0 Å². The first kappa shape index (κ1) is 17.2. The highest BCUT2D eigenvalue weighted by molar-refractivity contribution is 5.20. The van der Waals surface area contributed by atoms with Crippen molar-refractivity contribution < 1.29 is 5.11 Å². The van der Waals surface area contributed by atoms with Crippen molar-refractivity contribution in [1.82, 2.24) is 4.90 Å². The molecule has 3 nitrogen and oxygen atoms in total. The standard InChI is InChI=1S/C21H28N2O/c22-20(14-17-8-3-1-4-9-17)21(24)16-23-13-7-12-19(15-23)18-10-5-2-6-11-18/h1-6,8-11,19-21,24H,7,12-16,22H2/t19?,20-,21+/m1/s1. The molecule has 1 unspecified atom stereocenters. The second-order valence-electron chi connectivity index (χ2n) is 6.93. The van der Waals surface area contributed by atoms with Gasteiger partial charge in [-0.1, -0.05) is 60.7 Å². The molecular formula is C21H28N2O. The van der Waals surface area contributed by atoms with Gasteiger partial charge in [0.1, 0.15) is 0 Å². The van der Waals surface area contributed by atoms with E-state index in [0.717, 1.165) is 19.5 Å². The molecule has 1 aliphatic heterocycles. The predicted octanol–water partition coefficient (Wildman–Crippen LogP) is 2.80. The Morgan fingerprint density at radius 2 is 1.71 bits per heavy atom. The van der Waals surface area contributed by atoms with Gasteiger partial charge in [0.25, 0.3) is 0 Å². The molecule has 3 heteroatoms. The molecule has 128 valence electrons. The minimum atomic E-state index is -0.486. The third-order valence-corrected chi connectivity index (χ3v) is 5.03. The fourth-order valence-corrected chi connectivity index (χ4v) is 3.64. The van der Waals surface area contributed by atoms with Crippen molar-refractivity contribution in [1.29, 1.82) is 0 Å². The monoisotopic (exact) mass is 324 g/mol. The normalized spacial score (nSPS) is 21.3. The highest BCUT2D eigenvalue weighted by Gasteiger charge is 2.25. The zero-order valence-electron chi connectivity index (χ0n) is 14.2. The Morgan fingerprint density at radius 1 is 1.04 bits per heavy atom. The van der Waals surface area contributed by atoms with Crippen LogP contribution in [0.15, 0.2) is 60.7 Å². The minimum absolute atomic E-state index is 0.218. The van der Waals surface area contributed by atoms with Crippen LogP contribution >= 0.6 is 0 Å². The summed E-state index contributed by atoms with van der Waals surface area (Å²) in [6, 6.07) is 20.7. The van der Waals surface area contributed by atoms with Gasteiger partial charge < -0.3 is 15.7 Å². The third-order valence-electron chi connectivity index (χ3n) is 5.03. The SMILES string of the molecule is N[C@H](Cc1ccccc1)[C@@H](O)CN1CCCC(c2ccccc2)C1. The van der Waals surface area contributed by atoms with Gasteiger partial charge in [0.15, 0.2) is 0 Å². The van der Waals surface area contributed by atoms with Crippen LogP contribution in [0.4, 0.5) is 0 Å². The molecule has 3 atom stereocenters. The zero-order valence-corrected chi connectivity index (χ0v) is 14.2. The van der Waals surface area contributed by atoms with Crippen LogP contribution in [0.3, 0.4) is 0 Å². The Hall–Kier alpha value is -1.68. The van der Waals surface area contributed by atoms with Gasteiger partial charge in [0.05, 0.1) is 6.10 Å². The molecule has 0 aromatic heterocycles. The van der Waals surface area contributed by atoms with E-state index >= 15 is 0 Å². The van der Waals surface area contributed by atoms with Crippen molar-refractivity contribution in [2.45, 2.75) is 37.3 Å². The van der Waals surface area contributed by atoms with E-state index in [1.54, 1.807) is 0 Å². The van der Waals surface area contributed by atoms with E-state index in [1.807, 2.05) is 18.2 Å². The van der Waals surface area contributed by atoms with Gasteiger partial charge in [-0.3, -0.25) is 0 Å². The summed E-state index contributed by atoms with van der Waals surface area (Å²) in [5, 5.41) is 10.5. The molecule has 1 aliphatic rings. The number of nitrogens with zero attached hydrogens (tertiary/aromatic N) is 1. The molecule has 24 heavy (non-hydrogen) atoms. The smallest absolute Gasteiger partial charge is 0.0820 e. The van der Waals surface area contributed by atoms with Crippen molar-refractivity contribution in [3.05, 3.63) is 71.8 Å². The van der Waals surface area contributed by atoms with Gasteiger partial charge in [0, 0.05) is 19.1 Å². The van der Waals surface area contributed by atoms with E-state index in [9.17, 15) is 5.11 Å². The average molecular weight is 324 g/mol. The largest absolute Gasteiger partial charge is 0.390 e. The first-order valence-electron chi connectivity index (χ1n) is 8.97. The predicted molar refractivity (Wildman–Crippen MR) is 99.0 cm³/mol. The van der Waals surface area contributed by atoms with E-state index in [4.69, 9.17) is 5.73 Å². The number of rotatable bonds is 6. The molecule has 0 radical (unpaired) electrons. The first-order valence-corrected chi connectivity index (χ1v) is 8.97. The van der Waals surface area contributed by atoms with Crippen molar-refractivity contribution in [2.75, 3.05) is 19.6 Å². The van der Waals surface area contributed by atoms with Gasteiger partial charge in [0.2, 0.25) is 0 Å². The zero-order chi connectivity index (χ0) is 16.8. The summed E-state index contributed by atoms with van der Waals surface area (Å²) in [6.07, 6.45) is 2.64. The van der Waals surface area contributed by atoms with Crippen LogP contribution < -0.4 is 5.73 Å². The fraction of sp³-hybridized carbons (Fsp3) is 0.429. The Labute approximate surface area is 145 Å².